The molecule has 0 aliphatic rings. The molecule has 0 saturated heterocycles. The highest BCUT2D eigenvalue weighted by molar-refractivity contribution is 5.94. The molecule has 1 aromatic heterocycles. The molecule has 0 spiro atoms. The number of ether oxygens (including phenoxy) is 1. The van der Waals surface area contributed by atoms with Gasteiger partial charge in [-0.25, -0.2) is 13.8 Å². The Kier molecular flexibility index (Phi) is 4.24. The van der Waals surface area contributed by atoms with Crippen LogP contribution in [0.2, 0.25) is 0 Å². The van der Waals surface area contributed by atoms with Crippen LogP contribution in [-0.2, 0) is 6.54 Å². The molecule has 0 aliphatic heterocycles. The van der Waals surface area contributed by atoms with Gasteiger partial charge in [-0.05, 0) is 24.3 Å². The lowest BCUT2D eigenvalue weighted by molar-refractivity contribution is 0.0950. The molecule has 6 heteroatoms. The topological polar surface area (TPSA) is 51.2 Å². The summed E-state index contributed by atoms with van der Waals surface area (Å²) in [5.41, 5.74) is 0.734. The minimum atomic E-state index is -1.06. The van der Waals surface area contributed by atoms with E-state index in [9.17, 15) is 13.6 Å². The van der Waals surface area contributed by atoms with Crippen molar-refractivity contribution in [2.24, 2.45) is 0 Å². The average Bonchev–Trinajstić information content (AvgIpc) is 2.47. The van der Waals surface area contributed by atoms with Crippen LogP contribution in [0.15, 0.2) is 36.5 Å². The SMILES string of the molecule is COc1ncccc1CNC(=O)c1ccc(F)c(F)c1. The normalized spacial score (nSPS) is 10.2. The highest BCUT2D eigenvalue weighted by atomic mass is 19.2. The monoisotopic (exact) mass is 278 g/mol. The zero-order valence-electron chi connectivity index (χ0n) is 10.7. The maximum Gasteiger partial charge on any atom is 0.251 e. The number of nitrogens with zero attached hydrogens (tertiary/aromatic N) is 1. The largest absolute Gasteiger partial charge is 0.481 e. The summed E-state index contributed by atoms with van der Waals surface area (Å²) in [5, 5.41) is 2.59. The Morgan fingerprint density at radius 2 is 2.10 bits per heavy atom. The molecule has 1 N–H and O–H groups in total. The second-order valence-electron chi connectivity index (χ2n) is 3.98. The van der Waals surface area contributed by atoms with Crippen LogP contribution in [0.5, 0.6) is 5.88 Å². The van der Waals surface area contributed by atoms with E-state index in [4.69, 9.17) is 4.74 Å². The van der Waals surface area contributed by atoms with Gasteiger partial charge in [0.1, 0.15) is 0 Å². The van der Waals surface area contributed by atoms with Crippen LogP contribution in [0.25, 0.3) is 0 Å². The number of nitrogens with one attached hydrogen (secondary N) is 1. The average molecular weight is 278 g/mol. The second kappa shape index (κ2) is 6.10. The quantitative estimate of drug-likeness (QED) is 0.933. The number of benzene rings is 1. The van der Waals surface area contributed by atoms with E-state index in [0.717, 1.165) is 12.1 Å². The molecule has 20 heavy (non-hydrogen) atoms. The number of pyridine rings is 1. The van der Waals surface area contributed by atoms with Gasteiger partial charge in [-0.1, -0.05) is 6.07 Å². The molecule has 1 heterocycles. The molecule has 0 fully saturated rings. The summed E-state index contributed by atoms with van der Waals surface area (Å²) in [6, 6.07) is 6.44. The van der Waals surface area contributed by atoms with Crippen LogP contribution in [0, 0.1) is 11.6 Å². The summed E-state index contributed by atoms with van der Waals surface area (Å²) in [4.78, 5) is 15.8. The van der Waals surface area contributed by atoms with Gasteiger partial charge in [0.05, 0.1) is 7.11 Å². The minimum Gasteiger partial charge on any atom is -0.481 e. The number of hydrogen-bond acceptors (Lipinski definition) is 3. The van der Waals surface area contributed by atoms with Gasteiger partial charge in [0, 0.05) is 23.9 Å². The zero-order chi connectivity index (χ0) is 14.5. The smallest absolute Gasteiger partial charge is 0.251 e. The van der Waals surface area contributed by atoms with Crippen molar-refractivity contribution in [1.82, 2.24) is 10.3 Å². The van der Waals surface area contributed by atoms with Crippen LogP contribution in [0.4, 0.5) is 8.78 Å². The molecular weight excluding hydrogens is 266 g/mol. The summed E-state index contributed by atoms with van der Waals surface area (Å²) in [6.45, 7) is 0.175. The summed E-state index contributed by atoms with van der Waals surface area (Å²) in [6.07, 6.45) is 1.57. The van der Waals surface area contributed by atoms with E-state index in [2.05, 4.69) is 10.3 Å². The maximum atomic E-state index is 13.0. The molecule has 0 atom stereocenters. The summed E-state index contributed by atoms with van der Waals surface area (Å²) < 4.78 is 30.9. The fourth-order valence-corrected chi connectivity index (χ4v) is 1.66. The Labute approximate surface area is 114 Å². The van der Waals surface area contributed by atoms with Gasteiger partial charge in [-0.3, -0.25) is 4.79 Å². The minimum absolute atomic E-state index is 0.0479. The molecule has 0 bridgehead atoms. The fourth-order valence-electron chi connectivity index (χ4n) is 1.66. The first kappa shape index (κ1) is 13.9. The number of rotatable bonds is 4. The van der Waals surface area contributed by atoms with Gasteiger partial charge in [0.25, 0.3) is 5.91 Å². The van der Waals surface area contributed by atoms with Crippen molar-refractivity contribution < 1.29 is 18.3 Å². The molecule has 2 rings (SSSR count). The second-order valence-corrected chi connectivity index (χ2v) is 3.98. The van der Waals surface area contributed by atoms with Gasteiger partial charge in [0.15, 0.2) is 11.6 Å². The molecule has 1 aromatic carbocycles. The molecular formula is C14H12F2N2O2. The Morgan fingerprint density at radius 3 is 2.80 bits per heavy atom. The molecule has 1 amide bonds. The zero-order valence-corrected chi connectivity index (χ0v) is 10.7. The van der Waals surface area contributed by atoms with E-state index in [1.165, 1.54) is 13.2 Å². The van der Waals surface area contributed by atoms with Crippen LogP contribution >= 0.6 is 0 Å². The molecule has 0 radical (unpaired) electrons. The van der Waals surface area contributed by atoms with Gasteiger partial charge >= 0.3 is 0 Å². The molecule has 0 unspecified atom stereocenters. The third kappa shape index (κ3) is 3.09. The first-order valence-corrected chi connectivity index (χ1v) is 5.83. The van der Waals surface area contributed by atoms with Gasteiger partial charge in [-0.2, -0.15) is 0 Å². The number of carbonyl (C=O) groups is 1. The maximum absolute atomic E-state index is 13.0. The van der Waals surface area contributed by atoms with Crippen molar-refractivity contribution >= 4 is 5.91 Å². The van der Waals surface area contributed by atoms with E-state index in [1.807, 2.05) is 0 Å². The van der Waals surface area contributed by atoms with Gasteiger partial charge < -0.3 is 10.1 Å². The number of methoxy groups -OCH3 is 1. The molecule has 2 aromatic rings. The van der Waals surface area contributed by atoms with Crippen molar-refractivity contribution in [3.8, 4) is 5.88 Å². The Hall–Kier alpha value is -2.50. The predicted molar refractivity (Wildman–Crippen MR) is 68.3 cm³/mol. The Bertz CT molecular complexity index is 632. The highest BCUT2D eigenvalue weighted by Gasteiger charge is 2.10. The van der Waals surface area contributed by atoms with Gasteiger partial charge in [-0.15, -0.1) is 0 Å². The lowest BCUT2D eigenvalue weighted by atomic mass is 10.2. The molecule has 104 valence electrons. The van der Waals surface area contributed by atoms with Crippen molar-refractivity contribution in [1.29, 1.82) is 0 Å². The Morgan fingerprint density at radius 1 is 1.30 bits per heavy atom. The van der Waals surface area contributed by atoms with Crippen LogP contribution in [0.1, 0.15) is 15.9 Å². The standard InChI is InChI=1S/C14H12F2N2O2/c1-20-14-10(3-2-6-17-14)8-18-13(19)9-4-5-11(15)12(16)7-9/h2-7H,8H2,1H3,(H,18,19). The fraction of sp³-hybridized carbons (Fsp3) is 0.143. The number of hydrogen-bond donors (Lipinski definition) is 1. The summed E-state index contributed by atoms with van der Waals surface area (Å²) in [7, 11) is 1.48. The van der Waals surface area contributed by atoms with Crippen LogP contribution in [0.3, 0.4) is 0 Å². The number of halogens is 2. The van der Waals surface area contributed by atoms with E-state index in [0.29, 0.717) is 11.4 Å². The van der Waals surface area contributed by atoms with E-state index in [-0.39, 0.29) is 12.1 Å². The van der Waals surface area contributed by atoms with Gasteiger partial charge in [0.2, 0.25) is 5.88 Å². The van der Waals surface area contributed by atoms with E-state index in [1.54, 1.807) is 18.3 Å². The molecule has 0 saturated carbocycles. The lowest BCUT2D eigenvalue weighted by Crippen LogP contribution is -2.23. The van der Waals surface area contributed by atoms with Crippen molar-refractivity contribution in [2.45, 2.75) is 6.54 Å². The van der Waals surface area contributed by atoms with Crippen molar-refractivity contribution in [2.75, 3.05) is 7.11 Å². The van der Waals surface area contributed by atoms with E-state index >= 15 is 0 Å². The predicted octanol–water partition coefficient (Wildman–Crippen LogP) is 2.30. The van der Waals surface area contributed by atoms with E-state index < -0.39 is 17.5 Å². The highest BCUT2D eigenvalue weighted by Crippen LogP contribution is 2.13. The first-order valence-electron chi connectivity index (χ1n) is 5.83. The van der Waals surface area contributed by atoms with Crippen molar-refractivity contribution in [3.63, 3.8) is 0 Å². The van der Waals surface area contributed by atoms with Crippen molar-refractivity contribution in [3.05, 3.63) is 59.3 Å². The number of amides is 1. The number of carbonyl (C=O) groups excluding carboxylic acids is 1. The molecule has 4 nitrogen and oxygen atoms in total. The Balaban J connectivity index is 2.06. The summed E-state index contributed by atoms with van der Waals surface area (Å²) in [5.74, 6) is -2.15. The number of aromatic nitrogens is 1. The lowest BCUT2D eigenvalue weighted by Gasteiger charge is -2.08. The summed E-state index contributed by atoms with van der Waals surface area (Å²) >= 11 is 0. The first-order chi connectivity index (χ1) is 9.61. The molecule has 0 aliphatic carbocycles. The van der Waals surface area contributed by atoms with Crippen LogP contribution in [-0.4, -0.2) is 18.0 Å². The van der Waals surface area contributed by atoms with Crippen LogP contribution < -0.4 is 10.1 Å². The third-order valence-corrected chi connectivity index (χ3v) is 2.66. The third-order valence-electron chi connectivity index (χ3n) is 2.66.